The number of benzene rings is 2. The number of nitrogens with one attached hydrogen (secondary N) is 2. The molecule has 0 unspecified atom stereocenters. The number of anilines is 2. The molecule has 1 heterocycles. The van der Waals surface area contributed by atoms with E-state index in [2.05, 4.69) is 27.2 Å². The number of aryl methyl sites for hydroxylation is 1. The molecule has 30 heavy (non-hydrogen) atoms. The number of aromatic nitrogens is 2. The van der Waals surface area contributed by atoms with Crippen LogP contribution in [0.3, 0.4) is 0 Å². The van der Waals surface area contributed by atoms with Gasteiger partial charge < -0.3 is 0 Å². The van der Waals surface area contributed by atoms with E-state index in [0.29, 0.717) is 5.13 Å². The lowest BCUT2D eigenvalue weighted by Gasteiger charge is -2.10. The molecule has 0 aliphatic carbocycles. The summed E-state index contributed by atoms with van der Waals surface area (Å²) in [5.41, 5.74) is 1.41. The van der Waals surface area contributed by atoms with Crippen LogP contribution in [0.25, 0.3) is 0 Å². The fraction of sp³-hybridized carbons (Fsp3) is 0.211. The molecule has 7 nitrogen and oxygen atoms in total. The summed E-state index contributed by atoms with van der Waals surface area (Å²) in [5, 5.41) is 11.1. The molecule has 0 saturated carbocycles. The van der Waals surface area contributed by atoms with Gasteiger partial charge in [0.05, 0.1) is 21.2 Å². The fourth-order valence-corrected chi connectivity index (χ4v) is 5.35. The van der Waals surface area contributed by atoms with Crippen molar-refractivity contribution >= 4 is 61.4 Å². The largest absolute Gasteiger partial charge is 0.296 e. The minimum absolute atomic E-state index is 0.113. The van der Waals surface area contributed by atoms with E-state index in [1.54, 1.807) is 23.9 Å². The molecule has 3 aromatic rings. The number of carbonyl (C=O) groups is 1. The summed E-state index contributed by atoms with van der Waals surface area (Å²) in [4.78, 5) is 12.6. The zero-order valence-electron chi connectivity index (χ0n) is 16.2. The number of carbonyl (C=O) groups excluding carboxylic acids is 1. The zero-order chi connectivity index (χ0) is 21.7. The smallest absolute Gasteiger partial charge is 0.261 e. The highest BCUT2D eigenvalue weighted by Crippen LogP contribution is 2.28. The van der Waals surface area contributed by atoms with Crippen LogP contribution in [-0.4, -0.2) is 30.3 Å². The van der Waals surface area contributed by atoms with Gasteiger partial charge in [0.15, 0.2) is 4.34 Å². The lowest BCUT2D eigenvalue weighted by molar-refractivity contribution is 0.102. The van der Waals surface area contributed by atoms with Crippen LogP contribution in [-0.2, 0) is 10.0 Å². The van der Waals surface area contributed by atoms with Crippen molar-refractivity contribution in [2.45, 2.75) is 29.5 Å². The maximum Gasteiger partial charge on any atom is 0.261 e. The van der Waals surface area contributed by atoms with Crippen LogP contribution in [0, 0.1) is 6.92 Å². The summed E-state index contributed by atoms with van der Waals surface area (Å²) >= 11 is 9.09. The summed E-state index contributed by atoms with van der Waals surface area (Å²) in [6.45, 7) is 3.95. The normalized spacial score (nSPS) is 11.3. The molecule has 1 aromatic heterocycles. The predicted octanol–water partition coefficient (Wildman–Crippen LogP) is 5.06. The average molecular weight is 483 g/mol. The Balaban J connectivity index is 1.70. The van der Waals surface area contributed by atoms with Gasteiger partial charge in [0.2, 0.25) is 5.13 Å². The molecule has 0 atom stereocenters. The van der Waals surface area contributed by atoms with Gasteiger partial charge >= 0.3 is 0 Å². The van der Waals surface area contributed by atoms with E-state index in [1.807, 2.05) is 6.92 Å². The van der Waals surface area contributed by atoms with Crippen molar-refractivity contribution in [3.05, 3.63) is 58.6 Å². The van der Waals surface area contributed by atoms with Gasteiger partial charge in [-0.25, -0.2) is 8.42 Å². The quantitative estimate of drug-likeness (QED) is 0.344. The van der Waals surface area contributed by atoms with Crippen LogP contribution in [0.15, 0.2) is 51.7 Å². The van der Waals surface area contributed by atoms with Gasteiger partial charge in [-0.15, -0.1) is 10.2 Å². The summed E-state index contributed by atoms with van der Waals surface area (Å²) in [6.07, 6.45) is 1.02. The molecule has 11 heteroatoms. The molecule has 0 aliphatic rings. The second kappa shape index (κ2) is 9.78. The first-order valence-electron chi connectivity index (χ1n) is 8.95. The molecule has 0 fully saturated rings. The molecule has 0 saturated heterocycles. The van der Waals surface area contributed by atoms with Gasteiger partial charge in [-0.2, -0.15) is 0 Å². The van der Waals surface area contributed by atoms with E-state index in [0.717, 1.165) is 22.1 Å². The highest BCUT2D eigenvalue weighted by atomic mass is 35.5. The third-order valence-electron chi connectivity index (χ3n) is 3.85. The average Bonchev–Trinajstić information content (AvgIpc) is 3.13. The highest BCUT2D eigenvalue weighted by molar-refractivity contribution is 8.01. The number of amides is 1. The first-order chi connectivity index (χ1) is 14.3. The lowest BCUT2D eigenvalue weighted by Crippen LogP contribution is -2.14. The van der Waals surface area contributed by atoms with Gasteiger partial charge in [0.1, 0.15) is 0 Å². The summed E-state index contributed by atoms with van der Waals surface area (Å²) < 4.78 is 28.3. The van der Waals surface area contributed by atoms with Crippen molar-refractivity contribution in [1.29, 1.82) is 0 Å². The number of sulfonamides is 1. The van der Waals surface area contributed by atoms with Crippen molar-refractivity contribution in [3.63, 3.8) is 0 Å². The van der Waals surface area contributed by atoms with Crippen molar-refractivity contribution in [1.82, 2.24) is 10.2 Å². The minimum Gasteiger partial charge on any atom is -0.296 e. The topological polar surface area (TPSA) is 101 Å². The molecule has 0 radical (unpaired) electrons. The standard InChI is InChI=1S/C19H19ClN4O3S3/c1-3-10-28-19-23-22-18(29-19)21-17(25)15-9-6-13(11-16(15)20)24-30(26,27)14-7-4-12(2)5-8-14/h4-9,11,24H,3,10H2,1-2H3,(H,21,22,25). The molecule has 2 N–H and O–H groups in total. The van der Waals surface area contributed by atoms with E-state index in [4.69, 9.17) is 11.6 Å². The molecule has 0 bridgehead atoms. The van der Waals surface area contributed by atoms with Crippen LogP contribution in [0.4, 0.5) is 10.8 Å². The molecule has 158 valence electrons. The van der Waals surface area contributed by atoms with Gasteiger partial charge in [-0.1, -0.05) is 59.3 Å². The lowest BCUT2D eigenvalue weighted by atomic mass is 10.2. The molecule has 3 rings (SSSR count). The Bertz CT molecular complexity index is 1150. The Morgan fingerprint density at radius 3 is 2.57 bits per heavy atom. The van der Waals surface area contributed by atoms with Gasteiger partial charge in [-0.05, 0) is 43.7 Å². The molecular formula is C19H19ClN4O3S3. The van der Waals surface area contributed by atoms with Gasteiger partial charge in [0, 0.05) is 5.75 Å². The van der Waals surface area contributed by atoms with Crippen molar-refractivity contribution in [2.24, 2.45) is 0 Å². The van der Waals surface area contributed by atoms with Crippen LogP contribution in [0.1, 0.15) is 29.3 Å². The Morgan fingerprint density at radius 1 is 1.17 bits per heavy atom. The minimum atomic E-state index is -3.76. The monoisotopic (exact) mass is 482 g/mol. The maximum atomic E-state index is 12.5. The third kappa shape index (κ3) is 5.72. The zero-order valence-corrected chi connectivity index (χ0v) is 19.4. The second-order valence-electron chi connectivity index (χ2n) is 6.29. The van der Waals surface area contributed by atoms with Crippen molar-refractivity contribution < 1.29 is 13.2 Å². The van der Waals surface area contributed by atoms with E-state index in [-0.39, 0.29) is 21.2 Å². The van der Waals surface area contributed by atoms with Crippen LogP contribution in [0.2, 0.25) is 5.02 Å². The van der Waals surface area contributed by atoms with E-state index < -0.39 is 15.9 Å². The second-order valence-corrected chi connectivity index (χ2v) is 10.7. The van der Waals surface area contributed by atoms with Crippen molar-refractivity contribution in [2.75, 3.05) is 15.8 Å². The first-order valence-corrected chi connectivity index (χ1v) is 12.6. The van der Waals surface area contributed by atoms with E-state index in [1.165, 1.54) is 41.7 Å². The first kappa shape index (κ1) is 22.5. The van der Waals surface area contributed by atoms with Crippen LogP contribution < -0.4 is 10.0 Å². The maximum absolute atomic E-state index is 12.5. The highest BCUT2D eigenvalue weighted by Gasteiger charge is 2.17. The summed E-state index contributed by atoms with van der Waals surface area (Å²) in [7, 11) is -3.76. The molecule has 0 aliphatic heterocycles. The Kier molecular flexibility index (Phi) is 7.35. The Labute approximate surface area is 188 Å². The van der Waals surface area contributed by atoms with E-state index in [9.17, 15) is 13.2 Å². The number of thioether (sulfide) groups is 1. The third-order valence-corrected chi connectivity index (χ3v) is 7.74. The van der Waals surface area contributed by atoms with Crippen LogP contribution in [0.5, 0.6) is 0 Å². The van der Waals surface area contributed by atoms with E-state index >= 15 is 0 Å². The number of halogens is 1. The molecule has 1 amide bonds. The summed E-state index contributed by atoms with van der Waals surface area (Å²) in [6, 6.07) is 10.8. The van der Waals surface area contributed by atoms with Gasteiger partial charge in [-0.3, -0.25) is 14.8 Å². The molecule has 0 spiro atoms. The van der Waals surface area contributed by atoms with Crippen molar-refractivity contribution in [3.8, 4) is 0 Å². The fourth-order valence-electron chi connectivity index (χ4n) is 2.37. The number of hydrogen-bond donors (Lipinski definition) is 2. The Hall–Kier alpha value is -2.14. The van der Waals surface area contributed by atoms with Crippen LogP contribution >= 0.6 is 34.7 Å². The molecular weight excluding hydrogens is 464 g/mol. The number of hydrogen-bond acceptors (Lipinski definition) is 7. The molecule has 2 aromatic carbocycles. The number of rotatable bonds is 8. The predicted molar refractivity (Wildman–Crippen MR) is 122 cm³/mol. The number of nitrogens with zero attached hydrogens (tertiary/aromatic N) is 2. The van der Waals surface area contributed by atoms with Gasteiger partial charge in [0.25, 0.3) is 15.9 Å². The summed E-state index contributed by atoms with van der Waals surface area (Å²) in [5.74, 6) is 0.477. The Morgan fingerprint density at radius 2 is 1.90 bits per heavy atom. The SMILES string of the molecule is CCCSc1nnc(NC(=O)c2ccc(NS(=O)(=O)c3ccc(C)cc3)cc2Cl)s1.